The summed E-state index contributed by atoms with van der Waals surface area (Å²) < 4.78 is 5.00. The van der Waals surface area contributed by atoms with Gasteiger partial charge in [0.25, 0.3) is 0 Å². The fraction of sp³-hybridized carbons (Fsp3) is 0.692. The summed E-state index contributed by atoms with van der Waals surface area (Å²) >= 11 is 0. The first-order valence-electron chi connectivity index (χ1n) is 6.89. The highest BCUT2D eigenvalue weighted by molar-refractivity contribution is 5.93. The van der Waals surface area contributed by atoms with Gasteiger partial charge in [0, 0.05) is 25.4 Å². The largest absolute Gasteiger partial charge is 0.463 e. The smallest absolute Gasteiger partial charge is 0.337 e. The molecule has 0 fully saturated rings. The van der Waals surface area contributed by atoms with Gasteiger partial charge in [-0.05, 0) is 19.9 Å². The van der Waals surface area contributed by atoms with E-state index in [1.54, 1.807) is 6.92 Å². The highest BCUT2D eigenvalue weighted by Crippen LogP contribution is 2.10. The summed E-state index contributed by atoms with van der Waals surface area (Å²) in [7, 11) is 0. The number of nitrogens with zero attached hydrogens (tertiary/aromatic N) is 1. The minimum absolute atomic E-state index is 0.119. The Morgan fingerprint density at radius 2 is 2.20 bits per heavy atom. The molecule has 0 spiro atoms. The molecule has 3 N–H and O–H groups in total. The van der Waals surface area contributed by atoms with Crippen molar-refractivity contribution < 1.29 is 19.4 Å². The molecule has 0 unspecified atom stereocenters. The molecule has 0 radical (unpaired) electrons. The Morgan fingerprint density at radius 3 is 2.80 bits per heavy atom. The third-order valence-electron chi connectivity index (χ3n) is 3.04. The standard InChI is InChI=1S/C13H23N3O4/c1-3-16(6-5-7-17)9-11-10(12(18)20-4-2)8-14-13(19)15-11/h17H,3-9H2,1-2H3,(H2,14,15,19). The van der Waals surface area contributed by atoms with Crippen LogP contribution in [0, 0.1) is 0 Å². The molecule has 0 aromatic carbocycles. The maximum absolute atomic E-state index is 11.9. The van der Waals surface area contributed by atoms with Crippen LogP contribution in [0.5, 0.6) is 0 Å². The monoisotopic (exact) mass is 285 g/mol. The molecule has 1 heterocycles. The van der Waals surface area contributed by atoms with Crippen molar-refractivity contribution in [2.45, 2.75) is 20.3 Å². The Kier molecular flexibility index (Phi) is 7.03. The Balaban J connectivity index is 2.81. The first-order chi connectivity index (χ1) is 9.62. The van der Waals surface area contributed by atoms with Gasteiger partial charge >= 0.3 is 12.0 Å². The van der Waals surface area contributed by atoms with Crippen LogP contribution in [-0.4, -0.2) is 61.4 Å². The topological polar surface area (TPSA) is 90.9 Å². The number of likely N-dealkylation sites (N-methyl/N-ethyl adjacent to an activating group) is 1. The zero-order chi connectivity index (χ0) is 15.0. The van der Waals surface area contributed by atoms with Crippen LogP contribution in [-0.2, 0) is 9.53 Å². The van der Waals surface area contributed by atoms with Crippen molar-refractivity contribution in [2.24, 2.45) is 0 Å². The van der Waals surface area contributed by atoms with Gasteiger partial charge in [-0.1, -0.05) is 6.92 Å². The zero-order valence-electron chi connectivity index (χ0n) is 12.1. The molecule has 1 aliphatic heterocycles. The average Bonchev–Trinajstić information content (AvgIpc) is 2.43. The zero-order valence-corrected chi connectivity index (χ0v) is 12.1. The summed E-state index contributed by atoms with van der Waals surface area (Å²) in [5.41, 5.74) is 1.03. The van der Waals surface area contributed by atoms with Gasteiger partial charge in [-0.3, -0.25) is 4.90 Å². The molecule has 0 saturated heterocycles. The number of carbonyl (C=O) groups is 2. The van der Waals surface area contributed by atoms with Gasteiger partial charge in [0.15, 0.2) is 0 Å². The molecule has 7 heteroatoms. The molecule has 0 atom stereocenters. The number of esters is 1. The first kappa shape index (κ1) is 16.5. The fourth-order valence-electron chi connectivity index (χ4n) is 1.95. The van der Waals surface area contributed by atoms with Gasteiger partial charge in [0.05, 0.1) is 18.7 Å². The fourth-order valence-corrected chi connectivity index (χ4v) is 1.95. The van der Waals surface area contributed by atoms with E-state index < -0.39 is 5.97 Å². The average molecular weight is 285 g/mol. The number of aliphatic hydroxyl groups is 1. The Bertz CT molecular complexity index is 382. The lowest BCUT2D eigenvalue weighted by Crippen LogP contribution is -2.47. The minimum Gasteiger partial charge on any atom is -0.463 e. The third-order valence-corrected chi connectivity index (χ3v) is 3.04. The van der Waals surface area contributed by atoms with Crippen LogP contribution >= 0.6 is 0 Å². The molecule has 1 rings (SSSR count). The maximum atomic E-state index is 11.9. The molecule has 0 aromatic rings. The van der Waals surface area contributed by atoms with Crippen LogP contribution in [0.1, 0.15) is 20.3 Å². The third kappa shape index (κ3) is 4.82. The maximum Gasteiger partial charge on any atom is 0.337 e. The van der Waals surface area contributed by atoms with Crippen molar-refractivity contribution in [2.75, 3.05) is 39.4 Å². The van der Waals surface area contributed by atoms with Crippen molar-refractivity contribution in [3.05, 3.63) is 11.3 Å². The predicted octanol–water partition coefficient (Wildman–Crippen LogP) is -0.179. The quantitative estimate of drug-likeness (QED) is 0.538. The van der Waals surface area contributed by atoms with Crippen LogP contribution < -0.4 is 10.6 Å². The highest BCUT2D eigenvalue weighted by Gasteiger charge is 2.24. The summed E-state index contributed by atoms with van der Waals surface area (Å²) in [6, 6.07) is -0.314. The van der Waals surface area contributed by atoms with E-state index in [4.69, 9.17) is 9.84 Å². The van der Waals surface area contributed by atoms with Gasteiger partial charge in [-0.2, -0.15) is 0 Å². The minimum atomic E-state index is -0.409. The second-order valence-corrected chi connectivity index (χ2v) is 4.43. The van der Waals surface area contributed by atoms with E-state index in [-0.39, 0.29) is 19.2 Å². The lowest BCUT2D eigenvalue weighted by molar-refractivity contribution is -0.138. The summed E-state index contributed by atoms with van der Waals surface area (Å²) in [6.45, 7) is 6.26. The van der Waals surface area contributed by atoms with Crippen molar-refractivity contribution in [1.29, 1.82) is 0 Å². The van der Waals surface area contributed by atoms with E-state index in [0.717, 1.165) is 6.54 Å². The summed E-state index contributed by atoms with van der Waals surface area (Å²) in [5.74, 6) is -0.409. The normalized spacial score (nSPS) is 15.1. The molecule has 2 amide bonds. The van der Waals surface area contributed by atoms with Gasteiger partial charge in [-0.15, -0.1) is 0 Å². The molecule has 0 aromatic heterocycles. The molecule has 1 aliphatic rings. The number of urea groups is 1. The van der Waals surface area contributed by atoms with Crippen molar-refractivity contribution in [1.82, 2.24) is 15.5 Å². The number of nitrogens with one attached hydrogen (secondary N) is 2. The lowest BCUT2D eigenvalue weighted by atomic mass is 10.1. The Morgan fingerprint density at radius 1 is 1.45 bits per heavy atom. The molecule has 0 aliphatic carbocycles. The summed E-state index contributed by atoms with van der Waals surface area (Å²) in [6.07, 6.45) is 0.655. The highest BCUT2D eigenvalue weighted by atomic mass is 16.5. The SMILES string of the molecule is CCOC(=O)C1=C(CN(CC)CCCO)NC(=O)NC1. The van der Waals surface area contributed by atoms with Gasteiger partial charge in [0.2, 0.25) is 0 Å². The lowest BCUT2D eigenvalue weighted by Gasteiger charge is -2.26. The summed E-state index contributed by atoms with van der Waals surface area (Å²) in [4.78, 5) is 25.3. The first-order valence-corrected chi connectivity index (χ1v) is 6.89. The van der Waals surface area contributed by atoms with E-state index in [1.165, 1.54) is 0 Å². The van der Waals surface area contributed by atoms with Gasteiger partial charge < -0.3 is 20.5 Å². The summed E-state index contributed by atoms with van der Waals surface area (Å²) in [5, 5.41) is 14.1. The van der Waals surface area contributed by atoms with Crippen molar-refractivity contribution >= 4 is 12.0 Å². The second kappa shape index (κ2) is 8.55. The number of rotatable bonds is 8. The molecule has 0 bridgehead atoms. The van der Waals surface area contributed by atoms with E-state index in [9.17, 15) is 9.59 Å². The number of aliphatic hydroxyl groups excluding tert-OH is 1. The van der Waals surface area contributed by atoms with Crippen molar-refractivity contribution in [3.8, 4) is 0 Å². The van der Waals surface area contributed by atoms with Gasteiger partial charge in [-0.25, -0.2) is 9.59 Å². The van der Waals surface area contributed by atoms with Crippen LogP contribution in [0.3, 0.4) is 0 Å². The van der Waals surface area contributed by atoms with Crippen LogP contribution in [0.2, 0.25) is 0 Å². The number of ether oxygens (including phenoxy) is 1. The molecule has 20 heavy (non-hydrogen) atoms. The molecule has 0 saturated carbocycles. The van der Waals surface area contributed by atoms with E-state index in [0.29, 0.717) is 37.4 Å². The number of carbonyl (C=O) groups excluding carboxylic acids is 2. The van der Waals surface area contributed by atoms with Crippen LogP contribution in [0.4, 0.5) is 4.79 Å². The second-order valence-electron chi connectivity index (χ2n) is 4.43. The molecular formula is C13H23N3O4. The molecular weight excluding hydrogens is 262 g/mol. The van der Waals surface area contributed by atoms with Crippen LogP contribution in [0.15, 0.2) is 11.3 Å². The van der Waals surface area contributed by atoms with E-state index in [2.05, 4.69) is 15.5 Å². The number of amides is 2. The van der Waals surface area contributed by atoms with Gasteiger partial charge in [0.1, 0.15) is 0 Å². The van der Waals surface area contributed by atoms with Crippen molar-refractivity contribution in [3.63, 3.8) is 0 Å². The Hall–Kier alpha value is -1.60. The molecule has 114 valence electrons. The number of hydrogen-bond acceptors (Lipinski definition) is 5. The Labute approximate surface area is 119 Å². The van der Waals surface area contributed by atoms with E-state index in [1.807, 2.05) is 6.92 Å². The number of hydrogen-bond donors (Lipinski definition) is 3. The van der Waals surface area contributed by atoms with Crippen LogP contribution in [0.25, 0.3) is 0 Å². The predicted molar refractivity (Wildman–Crippen MR) is 74.0 cm³/mol. The van der Waals surface area contributed by atoms with E-state index >= 15 is 0 Å². The molecule has 7 nitrogen and oxygen atoms in total.